The molecule has 1 saturated heterocycles. The van der Waals surface area contributed by atoms with Crippen LogP contribution in [-0.2, 0) is 14.3 Å². The lowest BCUT2D eigenvalue weighted by Gasteiger charge is -2.23. The molecular weight excluding hydrogens is 292 g/mol. The van der Waals surface area contributed by atoms with E-state index in [9.17, 15) is 9.59 Å². The molecule has 116 valence electrons. The molecule has 7 heteroatoms. The second-order valence-corrected chi connectivity index (χ2v) is 6.18. The van der Waals surface area contributed by atoms with Crippen molar-refractivity contribution >= 4 is 28.2 Å². The van der Waals surface area contributed by atoms with Gasteiger partial charge < -0.3 is 20.1 Å². The van der Waals surface area contributed by atoms with Gasteiger partial charge in [-0.2, -0.15) is 0 Å². The van der Waals surface area contributed by atoms with E-state index in [1.165, 1.54) is 18.4 Å². The highest BCUT2D eigenvalue weighted by Crippen LogP contribution is 2.33. The molecule has 2 rings (SSSR count). The molecule has 2 heterocycles. The number of thiophene rings is 1. The van der Waals surface area contributed by atoms with Crippen LogP contribution in [0.4, 0.5) is 5.00 Å². The summed E-state index contributed by atoms with van der Waals surface area (Å²) in [5.41, 5.74) is 1.29. The number of ether oxygens (including phenoxy) is 2. The molecule has 0 spiro atoms. The molecule has 1 amide bonds. The molecule has 0 radical (unpaired) electrons. The van der Waals surface area contributed by atoms with Crippen LogP contribution < -0.4 is 10.6 Å². The highest BCUT2D eigenvalue weighted by Gasteiger charge is 2.23. The van der Waals surface area contributed by atoms with E-state index in [-0.39, 0.29) is 11.9 Å². The van der Waals surface area contributed by atoms with Crippen LogP contribution in [-0.4, -0.2) is 44.8 Å². The van der Waals surface area contributed by atoms with E-state index < -0.39 is 5.97 Å². The third-order valence-corrected chi connectivity index (χ3v) is 4.58. The Morgan fingerprint density at radius 1 is 1.48 bits per heavy atom. The zero-order valence-electron chi connectivity index (χ0n) is 12.4. The van der Waals surface area contributed by atoms with E-state index in [1.807, 2.05) is 13.8 Å². The van der Waals surface area contributed by atoms with Crippen LogP contribution in [0.25, 0.3) is 0 Å². The highest BCUT2D eigenvalue weighted by atomic mass is 32.1. The number of anilines is 1. The van der Waals surface area contributed by atoms with E-state index in [0.29, 0.717) is 30.2 Å². The van der Waals surface area contributed by atoms with Crippen molar-refractivity contribution in [3.63, 3.8) is 0 Å². The maximum Gasteiger partial charge on any atom is 0.341 e. The topological polar surface area (TPSA) is 76.7 Å². The fourth-order valence-corrected chi connectivity index (χ4v) is 3.28. The van der Waals surface area contributed by atoms with Crippen LogP contribution in [0, 0.1) is 13.8 Å². The molecule has 2 N–H and O–H groups in total. The number of hydrogen-bond acceptors (Lipinski definition) is 6. The predicted octanol–water partition coefficient (Wildman–Crippen LogP) is 1.47. The zero-order chi connectivity index (χ0) is 15.4. The third-order valence-electron chi connectivity index (χ3n) is 3.46. The Hall–Kier alpha value is -1.44. The largest absolute Gasteiger partial charge is 0.465 e. The molecule has 1 atom stereocenters. The molecule has 0 bridgehead atoms. The van der Waals surface area contributed by atoms with Crippen LogP contribution in [0.3, 0.4) is 0 Å². The van der Waals surface area contributed by atoms with Crippen LogP contribution >= 0.6 is 11.3 Å². The molecule has 1 fully saturated rings. The molecule has 0 aromatic carbocycles. The average molecular weight is 312 g/mol. The molecule has 1 aromatic heterocycles. The minimum absolute atomic E-state index is 0.0162. The Labute approximate surface area is 127 Å². The highest BCUT2D eigenvalue weighted by molar-refractivity contribution is 7.16. The summed E-state index contributed by atoms with van der Waals surface area (Å²) in [6.45, 7) is 5.72. The molecule has 6 nitrogen and oxygen atoms in total. The predicted molar refractivity (Wildman–Crippen MR) is 81.0 cm³/mol. The number of amides is 1. The smallest absolute Gasteiger partial charge is 0.341 e. The number of aryl methyl sites for hydroxylation is 1. The van der Waals surface area contributed by atoms with Gasteiger partial charge in [-0.05, 0) is 19.4 Å². The van der Waals surface area contributed by atoms with Crippen LogP contribution in [0.1, 0.15) is 27.2 Å². The van der Waals surface area contributed by atoms with Gasteiger partial charge in [-0.3, -0.25) is 4.79 Å². The van der Waals surface area contributed by atoms with Crippen molar-refractivity contribution in [3.05, 3.63) is 16.0 Å². The van der Waals surface area contributed by atoms with Gasteiger partial charge in [-0.1, -0.05) is 0 Å². The number of nitrogens with one attached hydrogen (secondary N) is 2. The molecular formula is C14H20N2O4S. The Morgan fingerprint density at radius 3 is 2.86 bits per heavy atom. The number of morpholine rings is 1. The van der Waals surface area contributed by atoms with Crippen molar-refractivity contribution in [3.8, 4) is 0 Å². The Morgan fingerprint density at radius 2 is 2.24 bits per heavy atom. The molecule has 0 aliphatic carbocycles. The number of esters is 1. The maximum atomic E-state index is 12.1. The monoisotopic (exact) mass is 312 g/mol. The molecule has 21 heavy (non-hydrogen) atoms. The van der Waals surface area contributed by atoms with Crippen molar-refractivity contribution in [2.75, 3.05) is 32.2 Å². The maximum absolute atomic E-state index is 12.1. The van der Waals surface area contributed by atoms with Gasteiger partial charge in [0.25, 0.3) is 0 Å². The fraction of sp³-hybridized carbons (Fsp3) is 0.571. The number of carbonyl (C=O) groups is 2. The van der Waals surface area contributed by atoms with Crippen molar-refractivity contribution in [1.29, 1.82) is 0 Å². The number of methoxy groups -OCH3 is 1. The number of rotatable bonds is 4. The van der Waals surface area contributed by atoms with Gasteiger partial charge in [0.1, 0.15) is 5.00 Å². The third kappa shape index (κ3) is 3.81. The van der Waals surface area contributed by atoms with Gasteiger partial charge in [0.05, 0.1) is 25.9 Å². The lowest BCUT2D eigenvalue weighted by Crippen LogP contribution is -2.43. The second-order valence-electron chi connectivity index (χ2n) is 4.96. The summed E-state index contributed by atoms with van der Waals surface area (Å²) >= 11 is 1.39. The molecule has 0 saturated carbocycles. The molecule has 1 aromatic rings. The van der Waals surface area contributed by atoms with Gasteiger partial charge in [0.2, 0.25) is 5.91 Å². The van der Waals surface area contributed by atoms with Crippen molar-refractivity contribution in [1.82, 2.24) is 5.32 Å². The zero-order valence-corrected chi connectivity index (χ0v) is 13.3. The van der Waals surface area contributed by atoms with Gasteiger partial charge in [-0.25, -0.2) is 4.79 Å². The average Bonchev–Trinajstić information content (AvgIpc) is 2.74. The van der Waals surface area contributed by atoms with Crippen LogP contribution in [0.15, 0.2) is 0 Å². The van der Waals surface area contributed by atoms with Crippen LogP contribution in [0.2, 0.25) is 0 Å². The Kier molecular flexibility index (Phi) is 5.33. The van der Waals surface area contributed by atoms with Crippen molar-refractivity contribution < 1.29 is 19.1 Å². The lowest BCUT2D eigenvalue weighted by atomic mass is 10.1. The minimum atomic E-state index is -0.425. The van der Waals surface area contributed by atoms with Gasteiger partial charge in [0, 0.05) is 23.9 Å². The fourth-order valence-electron chi connectivity index (χ4n) is 2.22. The standard InChI is InChI=1S/C14H20N2O4S/c1-8-9(2)21-13(12(8)14(18)19-3)16-11(17)6-10-7-20-5-4-15-10/h10,15H,4-7H2,1-3H3,(H,16,17). The van der Waals surface area contributed by atoms with E-state index in [0.717, 1.165) is 17.0 Å². The number of hydrogen-bond donors (Lipinski definition) is 2. The molecule has 1 aliphatic rings. The summed E-state index contributed by atoms with van der Waals surface area (Å²) in [5.74, 6) is -0.560. The number of carbonyl (C=O) groups excluding carboxylic acids is 2. The van der Waals surface area contributed by atoms with Crippen molar-refractivity contribution in [2.45, 2.75) is 26.3 Å². The summed E-state index contributed by atoms with van der Waals surface area (Å²) in [6, 6.07) is 0.0162. The van der Waals surface area contributed by atoms with Crippen molar-refractivity contribution in [2.24, 2.45) is 0 Å². The van der Waals surface area contributed by atoms with E-state index >= 15 is 0 Å². The quantitative estimate of drug-likeness (QED) is 0.823. The summed E-state index contributed by atoms with van der Waals surface area (Å²) in [7, 11) is 1.34. The minimum Gasteiger partial charge on any atom is -0.465 e. The van der Waals surface area contributed by atoms with E-state index in [1.54, 1.807) is 0 Å². The first-order valence-electron chi connectivity index (χ1n) is 6.82. The van der Waals surface area contributed by atoms with Crippen LogP contribution in [0.5, 0.6) is 0 Å². The summed E-state index contributed by atoms with van der Waals surface area (Å²) < 4.78 is 10.1. The first-order valence-corrected chi connectivity index (χ1v) is 7.63. The Balaban J connectivity index is 2.06. The lowest BCUT2D eigenvalue weighted by molar-refractivity contribution is -0.117. The first kappa shape index (κ1) is 15.9. The molecule has 1 unspecified atom stereocenters. The van der Waals surface area contributed by atoms with Gasteiger partial charge in [-0.15, -0.1) is 11.3 Å². The molecule has 1 aliphatic heterocycles. The van der Waals surface area contributed by atoms with Gasteiger partial charge in [0.15, 0.2) is 0 Å². The van der Waals surface area contributed by atoms with E-state index in [2.05, 4.69) is 10.6 Å². The van der Waals surface area contributed by atoms with Gasteiger partial charge >= 0.3 is 5.97 Å². The first-order chi connectivity index (χ1) is 10.0. The second kappa shape index (κ2) is 7.02. The van der Waals surface area contributed by atoms with E-state index in [4.69, 9.17) is 9.47 Å². The summed E-state index contributed by atoms with van der Waals surface area (Å²) in [6.07, 6.45) is 0.316. The normalized spacial score (nSPS) is 18.3. The Bertz CT molecular complexity index is 535. The summed E-state index contributed by atoms with van der Waals surface area (Å²) in [5, 5.41) is 6.60. The SMILES string of the molecule is COC(=O)c1c(NC(=O)CC2COCCN2)sc(C)c1C. The summed E-state index contributed by atoms with van der Waals surface area (Å²) in [4.78, 5) is 24.9.